The zero-order valence-corrected chi connectivity index (χ0v) is 13.7. The topological polar surface area (TPSA) is 40.6 Å². The first-order valence-electron chi connectivity index (χ1n) is 7.05. The first-order chi connectivity index (χ1) is 8.41. The standard InChI is InChI=1S/C9H18N2O2S.2C2H6/c1-10-7-9(8-10)3-5-11(6-4-9)14(2,12)13;2*1-2/h3-8H2,1-2H3;2*1-2H3. The van der Waals surface area contributed by atoms with Gasteiger partial charge in [-0.3, -0.25) is 0 Å². The molecule has 1 spiro atoms. The van der Waals surface area contributed by atoms with Crippen LogP contribution in [-0.4, -0.2) is 57.1 Å². The zero-order valence-electron chi connectivity index (χ0n) is 12.9. The molecule has 2 fully saturated rings. The maximum absolute atomic E-state index is 11.3. The fourth-order valence-electron chi connectivity index (χ4n) is 2.71. The van der Waals surface area contributed by atoms with Gasteiger partial charge in [-0.25, -0.2) is 12.7 Å². The summed E-state index contributed by atoms with van der Waals surface area (Å²) in [5, 5.41) is 0. The molecule has 0 aliphatic carbocycles. The molecule has 4 nitrogen and oxygen atoms in total. The molecule has 0 amide bonds. The average molecular weight is 278 g/mol. The minimum absolute atomic E-state index is 0.440. The molecule has 2 aliphatic heterocycles. The predicted octanol–water partition coefficient (Wildman–Crippen LogP) is 2.03. The lowest BCUT2D eigenvalue weighted by Crippen LogP contribution is -2.59. The van der Waals surface area contributed by atoms with E-state index in [9.17, 15) is 8.42 Å². The van der Waals surface area contributed by atoms with E-state index in [4.69, 9.17) is 0 Å². The molecule has 18 heavy (non-hydrogen) atoms. The molecule has 0 saturated carbocycles. The normalized spacial score (nSPS) is 23.2. The van der Waals surface area contributed by atoms with E-state index < -0.39 is 10.0 Å². The highest BCUT2D eigenvalue weighted by molar-refractivity contribution is 7.88. The summed E-state index contributed by atoms with van der Waals surface area (Å²) in [7, 11) is -0.835. The van der Waals surface area contributed by atoms with Gasteiger partial charge < -0.3 is 4.90 Å². The zero-order chi connectivity index (χ0) is 14.4. The van der Waals surface area contributed by atoms with Crippen LogP contribution in [0.1, 0.15) is 40.5 Å². The van der Waals surface area contributed by atoms with Gasteiger partial charge in [-0.1, -0.05) is 27.7 Å². The molecule has 0 unspecified atom stereocenters. The van der Waals surface area contributed by atoms with Crippen molar-refractivity contribution in [2.24, 2.45) is 5.41 Å². The van der Waals surface area contributed by atoms with E-state index in [1.54, 1.807) is 4.31 Å². The van der Waals surface area contributed by atoms with Crippen LogP contribution in [-0.2, 0) is 10.0 Å². The summed E-state index contributed by atoms with van der Waals surface area (Å²) in [6.07, 6.45) is 3.37. The fraction of sp³-hybridized carbons (Fsp3) is 1.00. The van der Waals surface area contributed by atoms with Crippen molar-refractivity contribution >= 4 is 10.0 Å². The van der Waals surface area contributed by atoms with E-state index in [-0.39, 0.29) is 0 Å². The summed E-state index contributed by atoms with van der Waals surface area (Å²) >= 11 is 0. The van der Waals surface area contributed by atoms with Crippen LogP contribution in [0.2, 0.25) is 0 Å². The largest absolute Gasteiger partial charge is 0.305 e. The van der Waals surface area contributed by atoms with Crippen molar-refractivity contribution in [2.45, 2.75) is 40.5 Å². The molecule has 0 aromatic carbocycles. The Bertz CT molecular complexity index is 312. The summed E-state index contributed by atoms with van der Waals surface area (Å²) in [6, 6.07) is 0. The van der Waals surface area contributed by atoms with Gasteiger partial charge in [-0.05, 0) is 25.3 Å². The van der Waals surface area contributed by atoms with E-state index >= 15 is 0 Å². The molecule has 0 aromatic heterocycles. The highest BCUT2D eigenvalue weighted by atomic mass is 32.2. The van der Waals surface area contributed by atoms with Crippen molar-refractivity contribution in [1.82, 2.24) is 9.21 Å². The number of likely N-dealkylation sites (tertiary alicyclic amines) is 1. The van der Waals surface area contributed by atoms with Gasteiger partial charge in [0.25, 0.3) is 0 Å². The van der Waals surface area contributed by atoms with Crippen LogP contribution >= 0.6 is 0 Å². The summed E-state index contributed by atoms with van der Waals surface area (Å²) < 4.78 is 24.2. The number of rotatable bonds is 1. The van der Waals surface area contributed by atoms with E-state index in [1.165, 1.54) is 6.26 Å². The molecule has 5 heteroatoms. The van der Waals surface area contributed by atoms with Crippen LogP contribution in [0, 0.1) is 5.41 Å². The highest BCUT2D eigenvalue weighted by Gasteiger charge is 2.44. The van der Waals surface area contributed by atoms with Gasteiger partial charge in [0, 0.05) is 26.2 Å². The monoisotopic (exact) mass is 278 g/mol. The summed E-state index contributed by atoms with van der Waals surface area (Å²) in [5.41, 5.74) is 0.440. The number of sulfonamides is 1. The Kier molecular flexibility index (Phi) is 7.40. The van der Waals surface area contributed by atoms with Gasteiger partial charge in [0.15, 0.2) is 0 Å². The van der Waals surface area contributed by atoms with Gasteiger partial charge in [0.1, 0.15) is 0 Å². The highest BCUT2D eigenvalue weighted by Crippen LogP contribution is 2.39. The maximum atomic E-state index is 11.3. The van der Waals surface area contributed by atoms with Gasteiger partial charge in [0.05, 0.1) is 6.26 Å². The van der Waals surface area contributed by atoms with E-state index in [1.807, 2.05) is 27.7 Å². The second-order valence-corrected chi connectivity index (χ2v) is 6.82. The first-order valence-corrected chi connectivity index (χ1v) is 8.90. The molecule has 0 N–H and O–H groups in total. The Balaban J connectivity index is 0.000000659. The number of hydrogen-bond donors (Lipinski definition) is 0. The van der Waals surface area contributed by atoms with Crippen molar-refractivity contribution in [2.75, 3.05) is 39.5 Å². The average Bonchev–Trinajstić information content (AvgIpc) is 2.32. The number of piperidine rings is 1. The van der Waals surface area contributed by atoms with Gasteiger partial charge in [-0.2, -0.15) is 0 Å². The minimum atomic E-state index is -2.95. The lowest BCUT2D eigenvalue weighted by Gasteiger charge is -2.52. The van der Waals surface area contributed by atoms with E-state index in [2.05, 4.69) is 11.9 Å². The Morgan fingerprint density at radius 1 is 0.944 bits per heavy atom. The van der Waals surface area contributed by atoms with Crippen LogP contribution in [0.4, 0.5) is 0 Å². The van der Waals surface area contributed by atoms with Crippen LogP contribution in [0.25, 0.3) is 0 Å². The smallest absolute Gasteiger partial charge is 0.211 e. The molecule has 0 aromatic rings. The SMILES string of the molecule is CC.CC.CN1CC2(CCN(S(C)(=O)=O)CC2)C1. The van der Waals surface area contributed by atoms with Gasteiger partial charge in [-0.15, -0.1) is 0 Å². The molecule has 0 radical (unpaired) electrons. The quantitative estimate of drug-likeness (QED) is 0.737. The third-order valence-corrected chi connectivity index (χ3v) is 4.77. The number of hydrogen-bond acceptors (Lipinski definition) is 3. The lowest BCUT2D eigenvalue weighted by atomic mass is 9.73. The van der Waals surface area contributed by atoms with Crippen LogP contribution in [0.5, 0.6) is 0 Å². The molecule has 0 bridgehead atoms. The van der Waals surface area contributed by atoms with Crippen LogP contribution in [0.15, 0.2) is 0 Å². The van der Waals surface area contributed by atoms with Crippen molar-refractivity contribution < 1.29 is 8.42 Å². The van der Waals surface area contributed by atoms with Crippen LogP contribution < -0.4 is 0 Å². The van der Waals surface area contributed by atoms with Crippen molar-refractivity contribution in [3.05, 3.63) is 0 Å². The minimum Gasteiger partial charge on any atom is -0.305 e. The van der Waals surface area contributed by atoms with E-state index in [0.29, 0.717) is 18.5 Å². The maximum Gasteiger partial charge on any atom is 0.211 e. The molecular formula is C13H30N2O2S. The summed E-state index contributed by atoms with van der Waals surface area (Å²) in [4.78, 5) is 2.30. The molecule has 110 valence electrons. The van der Waals surface area contributed by atoms with Crippen molar-refractivity contribution in [3.63, 3.8) is 0 Å². The van der Waals surface area contributed by atoms with Crippen LogP contribution in [0.3, 0.4) is 0 Å². The predicted molar refractivity (Wildman–Crippen MR) is 78.3 cm³/mol. The Labute approximate surface area is 113 Å². The molecule has 2 rings (SSSR count). The molecule has 0 atom stereocenters. The Morgan fingerprint density at radius 2 is 1.33 bits per heavy atom. The second kappa shape index (κ2) is 7.46. The number of nitrogens with zero attached hydrogens (tertiary/aromatic N) is 2. The molecule has 2 heterocycles. The molecule has 2 aliphatic rings. The van der Waals surface area contributed by atoms with Gasteiger partial charge in [0.2, 0.25) is 10.0 Å². The van der Waals surface area contributed by atoms with E-state index in [0.717, 1.165) is 25.9 Å². The third kappa shape index (κ3) is 4.52. The third-order valence-electron chi connectivity index (χ3n) is 3.46. The van der Waals surface area contributed by atoms with Gasteiger partial charge >= 0.3 is 0 Å². The first kappa shape index (κ1) is 17.9. The fourth-order valence-corrected chi connectivity index (χ4v) is 3.55. The van der Waals surface area contributed by atoms with Crippen molar-refractivity contribution in [1.29, 1.82) is 0 Å². The Hall–Kier alpha value is -0.130. The Morgan fingerprint density at radius 3 is 1.61 bits per heavy atom. The summed E-state index contributed by atoms with van der Waals surface area (Å²) in [5.74, 6) is 0. The molecule has 2 saturated heterocycles. The second-order valence-electron chi connectivity index (χ2n) is 4.83. The summed E-state index contributed by atoms with van der Waals surface area (Å²) in [6.45, 7) is 11.7. The lowest BCUT2D eigenvalue weighted by molar-refractivity contribution is -0.0170. The van der Waals surface area contributed by atoms with Crippen molar-refractivity contribution in [3.8, 4) is 0 Å². The molecular weight excluding hydrogens is 248 g/mol.